The number of rotatable bonds is 7. The van der Waals surface area contributed by atoms with E-state index in [1.54, 1.807) is 29.7 Å². The maximum Gasteiger partial charge on any atom is 0.416 e. The zero-order valence-corrected chi connectivity index (χ0v) is 24.7. The van der Waals surface area contributed by atoms with Gasteiger partial charge in [0.1, 0.15) is 0 Å². The van der Waals surface area contributed by atoms with Crippen LogP contribution in [0.25, 0.3) is 0 Å². The standard InChI is InChI=1S/C29H34F6N6O2/c1-7-22-14-25(23-10-18(6)8-9-24(23)40(22)27(42)43-17(4)5)39(26-36-38-41(37-26)16(2)3)15-19-11-20(28(30,31)32)13-21(12-19)29(33,34)35/h8-13,16-17,22,25H,7,14-15H2,1-6H3/t22-,25+/m1/s1. The van der Waals surface area contributed by atoms with Gasteiger partial charge in [0, 0.05) is 12.6 Å². The molecule has 4 rings (SSSR count). The Bertz CT molecular complexity index is 1420. The smallest absolute Gasteiger partial charge is 0.416 e. The van der Waals surface area contributed by atoms with E-state index in [1.807, 2.05) is 39.8 Å². The third-order valence-electron chi connectivity index (χ3n) is 7.18. The molecule has 0 saturated carbocycles. The Kier molecular flexibility index (Phi) is 8.98. The zero-order chi connectivity index (χ0) is 31.9. The first-order valence-electron chi connectivity index (χ1n) is 13.9. The fourth-order valence-corrected chi connectivity index (χ4v) is 5.18. The second-order valence-electron chi connectivity index (χ2n) is 11.2. The minimum atomic E-state index is -5.00. The number of carbonyl (C=O) groups is 1. The summed E-state index contributed by atoms with van der Waals surface area (Å²) in [5.74, 6) is 0.0326. The Morgan fingerprint density at radius 1 is 1.02 bits per heavy atom. The molecule has 2 aromatic carbocycles. The lowest BCUT2D eigenvalue weighted by atomic mass is 9.87. The van der Waals surface area contributed by atoms with Gasteiger partial charge in [0.05, 0.1) is 35.0 Å². The number of amides is 1. The molecular weight excluding hydrogens is 578 g/mol. The van der Waals surface area contributed by atoms with E-state index < -0.39 is 41.7 Å². The third-order valence-corrected chi connectivity index (χ3v) is 7.18. The molecule has 2 atom stereocenters. The number of carbonyl (C=O) groups excluding carboxylic acids is 1. The van der Waals surface area contributed by atoms with Crippen molar-refractivity contribution in [3.8, 4) is 0 Å². The van der Waals surface area contributed by atoms with Crippen molar-refractivity contribution < 1.29 is 35.9 Å². The third kappa shape index (κ3) is 7.04. The summed E-state index contributed by atoms with van der Waals surface area (Å²) in [7, 11) is 0. The van der Waals surface area contributed by atoms with Crippen LogP contribution in [0.5, 0.6) is 0 Å². The molecule has 1 aliphatic rings. The monoisotopic (exact) mass is 612 g/mol. The van der Waals surface area contributed by atoms with Crippen LogP contribution in [0.1, 0.15) is 87.4 Å². The first kappa shape index (κ1) is 32.1. The summed E-state index contributed by atoms with van der Waals surface area (Å²) >= 11 is 0. The molecule has 14 heteroatoms. The number of hydrogen-bond acceptors (Lipinski definition) is 6. The van der Waals surface area contributed by atoms with E-state index in [0.717, 1.165) is 5.56 Å². The molecule has 0 spiro atoms. The van der Waals surface area contributed by atoms with Crippen molar-refractivity contribution in [3.63, 3.8) is 0 Å². The molecule has 2 heterocycles. The topological polar surface area (TPSA) is 76.4 Å². The van der Waals surface area contributed by atoms with Crippen molar-refractivity contribution in [3.05, 3.63) is 64.2 Å². The van der Waals surface area contributed by atoms with Gasteiger partial charge in [-0.3, -0.25) is 4.90 Å². The maximum atomic E-state index is 13.7. The van der Waals surface area contributed by atoms with Gasteiger partial charge in [0.2, 0.25) is 0 Å². The molecular formula is C29H34F6N6O2. The molecule has 0 saturated heterocycles. The van der Waals surface area contributed by atoms with E-state index in [9.17, 15) is 31.1 Å². The van der Waals surface area contributed by atoms with Crippen LogP contribution in [0.3, 0.4) is 0 Å². The average molecular weight is 613 g/mol. The molecule has 3 aromatic rings. The number of nitrogens with zero attached hydrogens (tertiary/aromatic N) is 6. The molecule has 8 nitrogen and oxygen atoms in total. The SMILES string of the molecule is CC[C@@H]1C[C@H](N(Cc2cc(C(F)(F)F)cc(C(F)(F)F)c2)c2nnn(C(C)C)n2)c2cc(C)ccc2N1C(=O)OC(C)C. The highest BCUT2D eigenvalue weighted by atomic mass is 19.4. The highest BCUT2D eigenvalue weighted by Gasteiger charge is 2.41. The first-order chi connectivity index (χ1) is 20.0. The van der Waals surface area contributed by atoms with Crippen molar-refractivity contribution in [2.24, 2.45) is 0 Å². The van der Waals surface area contributed by atoms with Crippen molar-refractivity contribution in [1.29, 1.82) is 0 Å². The van der Waals surface area contributed by atoms with Crippen LogP contribution < -0.4 is 9.80 Å². The number of fused-ring (bicyclic) bond motifs is 1. The highest BCUT2D eigenvalue weighted by molar-refractivity contribution is 5.90. The van der Waals surface area contributed by atoms with E-state index in [1.165, 1.54) is 4.80 Å². The van der Waals surface area contributed by atoms with Gasteiger partial charge in [0.15, 0.2) is 0 Å². The molecule has 234 valence electrons. The first-order valence-corrected chi connectivity index (χ1v) is 13.9. The van der Waals surface area contributed by atoms with Crippen LogP contribution in [0.4, 0.5) is 42.8 Å². The number of anilines is 2. The van der Waals surface area contributed by atoms with Crippen LogP contribution >= 0.6 is 0 Å². The second kappa shape index (κ2) is 12.0. The minimum absolute atomic E-state index is 0.0326. The zero-order valence-electron chi connectivity index (χ0n) is 24.7. The summed E-state index contributed by atoms with van der Waals surface area (Å²) < 4.78 is 87.9. The molecule has 0 radical (unpaired) electrons. The lowest BCUT2D eigenvalue weighted by Crippen LogP contribution is -2.48. The van der Waals surface area contributed by atoms with Crippen LogP contribution in [0, 0.1) is 6.92 Å². The molecule has 1 aromatic heterocycles. The Labute approximate surface area is 245 Å². The number of halogens is 6. The average Bonchev–Trinajstić information content (AvgIpc) is 3.40. The van der Waals surface area contributed by atoms with Gasteiger partial charge in [-0.25, -0.2) is 4.79 Å². The summed E-state index contributed by atoms with van der Waals surface area (Å²) in [4.78, 5) is 17.7. The van der Waals surface area contributed by atoms with Crippen molar-refractivity contribution in [1.82, 2.24) is 20.2 Å². The number of ether oxygens (including phenoxy) is 1. The van der Waals surface area contributed by atoms with Crippen LogP contribution in [-0.4, -0.2) is 38.4 Å². The number of alkyl halides is 6. The van der Waals surface area contributed by atoms with E-state index in [-0.39, 0.29) is 42.7 Å². The number of benzene rings is 2. The van der Waals surface area contributed by atoms with Gasteiger partial charge >= 0.3 is 18.4 Å². The van der Waals surface area contributed by atoms with Crippen molar-refractivity contribution in [2.45, 2.75) is 97.5 Å². The number of hydrogen-bond donors (Lipinski definition) is 0. The molecule has 0 N–H and O–H groups in total. The number of aromatic nitrogens is 4. The van der Waals surface area contributed by atoms with E-state index in [0.29, 0.717) is 29.8 Å². The van der Waals surface area contributed by atoms with Gasteiger partial charge in [0.25, 0.3) is 5.95 Å². The Morgan fingerprint density at radius 2 is 1.65 bits per heavy atom. The normalized spacial score (nSPS) is 17.4. The van der Waals surface area contributed by atoms with Crippen LogP contribution in [-0.2, 0) is 23.6 Å². The summed E-state index contributed by atoms with van der Waals surface area (Å²) in [6.45, 7) is 10.4. The predicted octanol–water partition coefficient (Wildman–Crippen LogP) is 7.88. The van der Waals surface area contributed by atoms with Crippen LogP contribution in [0.15, 0.2) is 36.4 Å². The number of aryl methyl sites for hydroxylation is 1. The molecule has 43 heavy (non-hydrogen) atoms. The highest BCUT2D eigenvalue weighted by Crippen LogP contribution is 2.44. The maximum absolute atomic E-state index is 13.7. The van der Waals surface area contributed by atoms with E-state index >= 15 is 0 Å². The van der Waals surface area contributed by atoms with Gasteiger partial charge in [-0.1, -0.05) is 29.7 Å². The molecule has 1 amide bonds. The van der Waals surface area contributed by atoms with E-state index in [4.69, 9.17) is 4.74 Å². The van der Waals surface area contributed by atoms with E-state index in [2.05, 4.69) is 15.4 Å². The van der Waals surface area contributed by atoms with Crippen molar-refractivity contribution in [2.75, 3.05) is 9.80 Å². The summed E-state index contributed by atoms with van der Waals surface area (Å²) in [6.07, 6.45) is -10.2. The molecule has 0 bridgehead atoms. The molecule has 0 aliphatic carbocycles. The Balaban J connectivity index is 1.90. The summed E-state index contributed by atoms with van der Waals surface area (Å²) in [6, 6.07) is 5.71. The lowest BCUT2D eigenvalue weighted by molar-refractivity contribution is -0.143. The minimum Gasteiger partial charge on any atom is -0.446 e. The molecule has 0 unspecified atom stereocenters. The largest absolute Gasteiger partial charge is 0.446 e. The Hall–Kier alpha value is -3.84. The summed E-state index contributed by atoms with van der Waals surface area (Å²) in [5.41, 5.74) is -1.05. The lowest BCUT2D eigenvalue weighted by Gasteiger charge is -2.44. The summed E-state index contributed by atoms with van der Waals surface area (Å²) in [5, 5.41) is 12.6. The molecule has 0 fully saturated rings. The van der Waals surface area contributed by atoms with Crippen LogP contribution in [0.2, 0.25) is 0 Å². The van der Waals surface area contributed by atoms with Gasteiger partial charge < -0.3 is 9.64 Å². The van der Waals surface area contributed by atoms with Gasteiger partial charge in [-0.05, 0) is 88.1 Å². The quantitative estimate of drug-likeness (QED) is 0.253. The Morgan fingerprint density at radius 3 is 2.16 bits per heavy atom. The van der Waals surface area contributed by atoms with Gasteiger partial charge in [-0.15, -0.1) is 5.10 Å². The fraction of sp³-hybridized carbons (Fsp3) is 0.517. The number of tetrazole rings is 1. The fourth-order valence-electron chi connectivity index (χ4n) is 5.18. The van der Waals surface area contributed by atoms with Crippen molar-refractivity contribution >= 4 is 17.7 Å². The second-order valence-corrected chi connectivity index (χ2v) is 11.2. The molecule has 1 aliphatic heterocycles. The predicted molar refractivity (Wildman–Crippen MR) is 148 cm³/mol. The van der Waals surface area contributed by atoms with Gasteiger partial charge in [-0.2, -0.15) is 31.1 Å².